The predicted octanol–water partition coefficient (Wildman–Crippen LogP) is 3.04. The SMILES string of the molecule is CC(C)[Si]1(C(C)C)OC[C@@H]2O[C@H](n3ccc(N)nc3=O)[C@@H](O)[C@H]2O[Si](C(C)C)(C(C)C)O1. The van der Waals surface area contributed by atoms with Crippen LogP contribution in [0.1, 0.15) is 61.6 Å². The number of anilines is 1. The lowest BCUT2D eigenvalue weighted by Gasteiger charge is -2.51. The largest absolute Gasteiger partial charge is 0.414 e. The molecule has 3 heterocycles. The van der Waals surface area contributed by atoms with E-state index in [0.29, 0.717) is 0 Å². The van der Waals surface area contributed by atoms with Gasteiger partial charge in [-0.15, -0.1) is 0 Å². The van der Waals surface area contributed by atoms with Gasteiger partial charge < -0.3 is 28.5 Å². The zero-order chi connectivity index (χ0) is 24.0. The zero-order valence-corrected chi connectivity index (χ0v) is 22.4. The average Bonchev–Trinajstić information content (AvgIpc) is 2.96. The van der Waals surface area contributed by atoms with E-state index in [1.54, 1.807) is 0 Å². The van der Waals surface area contributed by atoms with Crippen LogP contribution in [-0.2, 0) is 17.7 Å². The summed E-state index contributed by atoms with van der Waals surface area (Å²) in [5.74, 6) is 0.119. The molecule has 0 aromatic carbocycles. The third kappa shape index (κ3) is 4.24. The third-order valence-corrected chi connectivity index (χ3v) is 17.0. The van der Waals surface area contributed by atoms with E-state index in [0.717, 1.165) is 0 Å². The molecule has 0 radical (unpaired) electrons. The summed E-state index contributed by atoms with van der Waals surface area (Å²) in [4.78, 5) is 16.2. The number of hydrogen-bond donors (Lipinski definition) is 2. The summed E-state index contributed by atoms with van der Waals surface area (Å²) in [6.45, 7) is 17.3. The standard InChI is InChI=1S/C21H39N3O6Si2/c1-12(2)31(13(3)4)27-11-16-19(29-32(30-31,14(5)6)15(7)8)18(25)20(28-16)24-10-9-17(22)23-21(24)26/h9-10,12-16,18-20,25H,11H2,1-8H3,(H2,22,23,26)/t16-,18-,19-,20-/m0/s1. The van der Waals surface area contributed by atoms with Gasteiger partial charge in [-0.25, -0.2) is 4.79 Å². The van der Waals surface area contributed by atoms with Crippen LogP contribution in [-0.4, -0.2) is 56.7 Å². The molecule has 1 aromatic heterocycles. The molecule has 4 atom stereocenters. The fourth-order valence-electron chi connectivity index (χ4n) is 4.99. The van der Waals surface area contributed by atoms with Gasteiger partial charge in [0.15, 0.2) is 6.23 Å². The molecule has 0 spiro atoms. The van der Waals surface area contributed by atoms with E-state index in [-0.39, 0.29) is 34.6 Å². The van der Waals surface area contributed by atoms with Gasteiger partial charge in [0.25, 0.3) is 0 Å². The van der Waals surface area contributed by atoms with Gasteiger partial charge in [-0.1, -0.05) is 55.4 Å². The summed E-state index contributed by atoms with van der Waals surface area (Å²) < 4.78 is 28.1. The topological polar surface area (TPSA) is 118 Å². The van der Waals surface area contributed by atoms with E-state index >= 15 is 0 Å². The van der Waals surface area contributed by atoms with Crippen LogP contribution in [0.4, 0.5) is 5.82 Å². The van der Waals surface area contributed by atoms with Crippen molar-refractivity contribution in [2.75, 3.05) is 12.3 Å². The van der Waals surface area contributed by atoms with E-state index in [1.165, 1.54) is 16.8 Å². The lowest BCUT2D eigenvalue weighted by molar-refractivity contribution is -0.0600. The Hall–Kier alpha value is -1.09. The maximum absolute atomic E-state index is 12.4. The number of hydrogen-bond acceptors (Lipinski definition) is 8. The van der Waals surface area contributed by atoms with Gasteiger partial charge in [0.05, 0.1) is 6.61 Å². The first-order chi connectivity index (χ1) is 14.9. The van der Waals surface area contributed by atoms with Crippen molar-refractivity contribution >= 4 is 22.9 Å². The Balaban J connectivity index is 2.07. The molecule has 1 aromatic rings. The average molecular weight is 486 g/mol. The monoisotopic (exact) mass is 485 g/mol. The number of fused-ring (bicyclic) bond motifs is 1. The minimum atomic E-state index is -2.89. The number of rotatable bonds is 5. The third-order valence-electron chi connectivity index (χ3n) is 6.77. The van der Waals surface area contributed by atoms with Gasteiger partial charge in [0.2, 0.25) is 0 Å². The molecule has 0 aliphatic carbocycles. The fourth-order valence-corrected chi connectivity index (χ4v) is 16.2. The molecule has 2 fully saturated rings. The summed E-state index contributed by atoms with van der Waals surface area (Å²) in [6, 6.07) is 1.51. The number of nitrogen functional groups attached to an aromatic ring is 1. The van der Waals surface area contributed by atoms with E-state index in [9.17, 15) is 9.90 Å². The van der Waals surface area contributed by atoms with Gasteiger partial charge in [0.1, 0.15) is 24.1 Å². The smallest absolute Gasteiger partial charge is 0.351 e. The van der Waals surface area contributed by atoms with Crippen molar-refractivity contribution in [3.8, 4) is 0 Å². The Labute approximate surface area is 192 Å². The zero-order valence-electron chi connectivity index (χ0n) is 20.4. The molecule has 11 heteroatoms. The van der Waals surface area contributed by atoms with E-state index in [2.05, 4.69) is 60.4 Å². The van der Waals surface area contributed by atoms with Gasteiger partial charge in [-0.3, -0.25) is 4.57 Å². The second kappa shape index (κ2) is 9.28. The van der Waals surface area contributed by atoms with E-state index in [4.69, 9.17) is 23.4 Å². The Morgan fingerprint density at radius 1 is 1.06 bits per heavy atom. The molecule has 3 N–H and O–H groups in total. The minimum Gasteiger partial charge on any atom is -0.414 e. The first-order valence-corrected chi connectivity index (χ1v) is 15.5. The van der Waals surface area contributed by atoms with Crippen LogP contribution in [0.2, 0.25) is 22.2 Å². The van der Waals surface area contributed by atoms with Crippen molar-refractivity contribution in [3.63, 3.8) is 0 Å². The van der Waals surface area contributed by atoms with Gasteiger partial charge in [-0.05, 0) is 28.2 Å². The molecule has 0 unspecified atom stereocenters. The molecule has 2 aliphatic rings. The molecule has 2 aliphatic heterocycles. The molecule has 182 valence electrons. The highest BCUT2D eigenvalue weighted by Crippen LogP contribution is 2.48. The van der Waals surface area contributed by atoms with Gasteiger partial charge in [-0.2, -0.15) is 4.98 Å². The predicted molar refractivity (Wildman–Crippen MR) is 127 cm³/mol. The first-order valence-electron chi connectivity index (χ1n) is 11.6. The highest BCUT2D eigenvalue weighted by Gasteiger charge is 2.61. The quantitative estimate of drug-likeness (QED) is 0.611. The molecular weight excluding hydrogens is 446 g/mol. The van der Waals surface area contributed by atoms with Crippen LogP contribution in [0.15, 0.2) is 17.1 Å². The Kier molecular flexibility index (Phi) is 7.40. The summed E-state index contributed by atoms with van der Waals surface area (Å²) in [6.07, 6.45) is -1.73. The number of nitrogens with zero attached hydrogens (tertiary/aromatic N) is 2. The molecule has 0 saturated carbocycles. The highest BCUT2D eigenvalue weighted by atomic mass is 28.5. The van der Waals surface area contributed by atoms with E-state index in [1.807, 2.05) is 0 Å². The van der Waals surface area contributed by atoms with Crippen molar-refractivity contribution in [1.29, 1.82) is 0 Å². The molecule has 32 heavy (non-hydrogen) atoms. The van der Waals surface area contributed by atoms with Crippen molar-refractivity contribution in [1.82, 2.24) is 9.55 Å². The van der Waals surface area contributed by atoms with Crippen LogP contribution < -0.4 is 11.4 Å². The molecule has 3 rings (SSSR count). The van der Waals surface area contributed by atoms with Crippen molar-refractivity contribution < 1.29 is 22.8 Å². The summed E-state index contributed by atoms with van der Waals surface area (Å²) in [7, 11) is -5.59. The Morgan fingerprint density at radius 2 is 1.62 bits per heavy atom. The van der Waals surface area contributed by atoms with Gasteiger partial charge >= 0.3 is 22.8 Å². The molecule has 0 amide bonds. The Morgan fingerprint density at radius 3 is 2.12 bits per heavy atom. The van der Waals surface area contributed by atoms with E-state index < -0.39 is 47.4 Å². The minimum absolute atomic E-state index is 0.119. The normalized spacial score (nSPS) is 30.0. The number of aromatic nitrogens is 2. The molecule has 9 nitrogen and oxygen atoms in total. The van der Waals surface area contributed by atoms with Crippen LogP contribution in [0, 0.1) is 0 Å². The van der Waals surface area contributed by atoms with Crippen molar-refractivity contribution in [2.45, 2.75) is 102 Å². The number of aliphatic hydroxyl groups excluding tert-OH is 1. The fraction of sp³-hybridized carbons (Fsp3) is 0.810. The second-order valence-electron chi connectivity index (χ2n) is 10.2. The van der Waals surface area contributed by atoms with Crippen LogP contribution >= 0.6 is 0 Å². The Bertz CT molecular complexity index is 846. The lowest BCUT2D eigenvalue weighted by Crippen LogP contribution is -2.65. The second-order valence-corrected chi connectivity index (χ2v) is 19.0. The molecule has 0 bridgehead atoms. The summed E-state index contributed by atoms with van der Waals surface area (Å²) >= 11 is 0. The van der Waals surface area contributed by atoms with Crippen LogP contribution in [0.5, 0.6) is 0 Å². The van der Waals surface area contributed by atoms with Crippen LogP contribution in [0.25, 0.3) is 0 Å². The maximum atomic E-state index is 12.4. The lowest BCUT2D eigenvalue weighted by atomic mass is 10.1. The van der Waals surface area contributed by atoms with Crippen molar-refractivity contribution in [2.24, 2.45) is 0 Å². The summed E-state index contributed by atoms with van der Waals surface area (Å²) in [5.41, 5.74) is 5.72. The number of nitrogens with two attached hydrogens (primary N) is 1. The number of ether oxygens (including phenoxy) is 1. The number of aliphatic hydroxyl groups is 1. The molecule has 2 saturated heterocycles. The van der Waals surface area contributed by atoms with Crippen molar-refractivity contribution in [3.05, 3.63) is 22.7 Å². The highest BCUT2D eigenvalue weighted by molar-refractivity contribution is 6.83. The maximum Gasteiger partial charge on any atom is 0.351 e. The molecular formula is C21H39N3O6Si2. The first kappa shape index (κ1) is 25.5. The summed E-state index contributed by atoms with van der Waals surface area (Å²) in [5, 5.41) is 11.2. The van der Waals surface area contributed by atoms with Gasteiger partial charge in [0, 0.05) is 6.20 Å². The van der Waals surface area contributed by atoms with Crippen LogP contribution in [0.3, 0.4) is 0 Å².